The van der Waals surface area contributed by atoms with E-state index in [1.807, 2.05) is 6.08 Å². The van der Waals surface area contributed by atoms with Crippen LogP contribution < -0.4 is 4.90 Å². The maximum absolute atomic E-state index is 6.31. The highest BCUT2D eigenvalue weighted by atomic mass is 35.5. The fourth-order valence-electron chi connectivity index (χ4n) is 3.24. The molecule has 2 aliphatic rings. The summed E-state index contributed by atoms with van der Waals surface area (Å²) < 4.78 is 0. The fraction of sp³-hybridized carbons (Fsp3) is 0.100. The van der Waals surface area contributed by atoms with E-state index in [-0.39, 0.29) is 5.38 Å². The van der Waals surface area contributed by atoms with Crippen molar-refractivity contribution < 1.29 is 0 Å². The second-order valence-electron chi connectivity index (χ2n) is 5.59. The highest BCUT2D eigenvalue weighted by Crippen LogP contribution is 2.44. The van der Waals surface area contributed by atoms with Gasteiger partial charge in [0.05, 0.1) is 5.38 Å². The highest BCUT2D eigenvalue weighted by Gasteiger charge is 2.27. The molecule has 4 rings (SSSR count). The molecule has 1 heterocycles. The lowest BCUT2D eigenvalue weighted by atomic mass is 9.85. The number of fused-ring (bicyclic) bond motifs is 2. The molecule has 1 nitrogen and oxygen atoms in total. The third-order valence-electron chi connectivity index (χ3n) is 4.27. The molecule has 0 spiro atoms. The Morgan fingerprint density at radius 2 is 1.68 bits per heavy atom. The van der Waals surface area contributed by atoms with Gasteiger partial charge in [-0.05, 0) is 17.7 Å². The molecule has 0 saturated heterocycles. The van der Waals surface area contributed by atoms with Gasteiger partial charge in [-0.3, -0.25) is 0 Å². The number of benzene rings is 2. The topological polar surface area (TPSA) is 3.24 Å². The summed E-state index contributed by atoms with van der Waals surface area (Å²) >= 11 is 6.31. The maximum Gasteiger partial charge on any atom is 0.0723 e. The maximum atomic E-state index is 6.31. The quantitative estimate of drug-likeness (QED) is 0.670. The van der Waals surface area contributed by atoms with Crippen molar-refractivity contribution in [3.63, 3.8) is 0 Å². The molecule has 2 aromatic rings. The third-order valence-corrected chi connectivity index (χ3v) is 4.54. The van der Waals surface area contributed by atoms with Crippen molar-refractivity contribution in [2.45, 2.75) is 5.38 Å². The van der Waals surface area contributed by atoms with Gasteiger partial charge in [0.2, 0.25) is 0 Å². The van der Waals surface area contributed by atoms with Gasteiger partial charge in [0.1, 0.15) is 0 Å². The van der Waals surface area contributed by atoms with E-state index in [1.54, 1.807) is 0 Å². The minimum absolute atomic E-state index is 0.0523. The number of alkyl halides is 1. The van der Waals surface area contributed by atoms with Gasteiger partial charge in [-0.2, -0.15) is 0 Å². The monoisotopic (exact) mass is 305 g/mol. The van der Waals surface area contributed by atoms with Crippen molar-refractivity contribution in [1.82, 2.24) is 0 Å². The van der Waals surface area contributed by atoms with Crippen LogP contribution in [0, 0.1) is 0 Å². The van der Waals surface area contributed by atoms with Gasteiger partial charge >= 0.3 is 0 Å². The van der Waals surface area contributed by atoms with Gasteiger partial charge in [0.15, 0.2) is 0 Å². The summed E-state index contributed by atoms with van der Waals surface area (Å²) in [5.41, 5.74) is 7.42. The Bertz CT molecular complexity index is 815. The van der Waals surface area contributed by atoms with Crippen LogP contribution in [0.15, 0.2) is 84.1 Å². The van der Waals surface area contributed by atoms with Crippen molar-refractivity contribution in [3.8, 4) is 0 Å². The van der Waals surface area contributed by atoms with E-state index in [1.165, 1.54) is 33.7 Å². The SMILES string of the molecule is CN1C2=CC(Cl)C=CC2=C(c2ccccc2)c2ccccc21. The zero-order chi connectivity index (χ0) is 15.1. The van der Waals surface area contributed by atoms with Crippen LogP contribution in [0.2, 0.25) is 0 Å². The molecule has 1 unspecified atom stereocenters. The van der Waals surface area contributed by atoms with Crippen molar-refractivity contribution in [2.75, 3.05) is 11.9 Å². The molecule has 0 aromatic heterocycles. The van der Waals surface area contributed by atoms with Crippen molar-refractivity contribution in [1.29, 1.82) is 0 Å². The Morgan fingerprint density at radius 1 is 0.955 bits per heavy atom. The van der Waals surface area contributed by atoms with E-state index in [2.05, 4.69) is 78.7 Å². The molecule has 2 aromatic carbocycles. The number of likely N-dealkylation sites (N-methyl/N-ethyl adjacent to an activating group) is 1. The molecule has 1 aliphatic carbocycles. The third kappa shape index (κ3) is 2.01. The average molecular weight is 306 g/mol. The predicted molar refractivity (Wildman–Crippen MR) is 94.2 cm³/mol. The molecule has 0 bridgehead atoms. The minimum atomic E-state index is -0.0523. The predicted octanol–water partition coefficient (Wildman–Crippen LogP) is 5.00. The summed E-state index contributed by atoms with van der Waals surface area (Å²) in [4.78, 5) is 2.23. The van der Waals surface area contributed by atoms with Crippen LogP contribution in [-0.2, 0) is 0 Å². The van der Waals surface area contributed by atoms with Crippen molar-refractivity contribution in [3.05, 3.63) is 95.2 Å². The number of anilines is 1. The molecule has 108 valence electrons. The summed E-state index contributed by atoms with van der Waals surface area (Å²) in [6.45, 7) is 0. The first-order chi connectivity index (χ1) is 10.8. The Labute approximate surface area is 135 Å². The Hall–Kier alpha value is -2.25. The molecule has 0 amide bonds. The van der Waals surface area contributed by atoms with Crippen LogP contribution >= 0.6 is 11.6 Å². The molecule has 22 heavy (non-hydrogen) atoms. The van der Waals surface area contributed by atoms with Crippen molar-refractivity contribution >= 4 is 22.9 Å². The van der Waals surface area contributed by atoms with Gasteiger partial charge in [0, 0.05) is 35.1 Å². The Balaban J connectivity index is 2.05. The number of halogens is 1. The molecule has 0 fully saturated rings. The Kier molecular flexibility index (Phi) is 3.16. The van der Waals surface area contributed by atoms with Crippen LogP contribution in [0.4, 0.5) is 5.69 Å². The van der Waals surface area contributed by atoms with Crippen LogP contribution in [0.25, 0.3) is 5.57 Å². The lowest BCUT2D eigenvalue weighted by molar-refractivity contribution is 1.06. The van der Waals surface area contributed by atoms with Gasteiger partial charge < -0.3 is 4.90 Å². The molecule has 1 atom stereocenters. The largest absolute Gasteiger partial charge is 0.344 e. The number of rotatable bonds is 1. The van der Waals surface area contributed by atoms with Crippen LogP contribution in [0.1, 0.15) is 11.1 Å². The molecule has 2 heteroatoms. The number of para-hydroxylation sites is 1. The van der Waals surface area contributed by atoms with E-state index in [4.69, 9.17) is 11.6 Å². The molecule has 0 radical (unpaired) electrons. The molecular formula is C20H16ClN. The molecule has 0 N–H and O–H groups in total. The van der Waals surface area contributed by atoms with Crippen molar-refractivity contribution in [2.24, 2.45) is 0 Å². The lowest BCUT2D eigenvalue weighted by Crippen LogP contribution is -2.26. The zero-order valence-electron chi connectivity index (χ0n) is 12.3. The lowest BCUT2D eigenvalue weighted by Gasteiger charge is -2.35. The molecule has 1 aliphatic heterocycles. The Morgan fingerprint density at radius 3 is 2.50 bits per heavy atom. The number of hydrogen-bond donors (Lipinski definition) is 0. The first-order valence-corrected chi connectivity index (χ1v) is 7.86. The van der Waals surface area contributed by atoms with Gasteiger partial charge in [-0.15, -0.1) is 11.6 Å². The van der Waals surface area contributed by atoms with Gasteiger partial charge in [-0.25, -0.2) is 0 Å². The number of nitrogens with zero attached hydrogens (tertiary/aromatic N) is 1. The normalized spacial score (nSPS) is 19.6. The second-order valence-corrected chi connectivity index (χ2v) is 6.09. The first kappa shape index (κ1) is 13.4. The van der Waals surface area contributed by atoms with Crippen LogP contribution in [0.5, 0.6) is 0 Å². The highest BCUT2D eigenvalue weighted by molar-refractivity contribution is 6.23. The van der Waals surface area contributed by atoms with E-state index < -0.39 is 0 Å². The van der Waals surface area contributed by atoms with Gasteiger partial charge in [0.25, 0.3) is 0 Å². The summed E-state index contributed by atoms with van der Waals surface area (Å²) in [5, 5.41) is -0.0523. The zero-order valence-corrected chi connectivity index (χ0v) is 13.1. The van der Waals surface area contributed by atoms with E-state index >= 15 is 0 Å². The standard InChI is InChI=1S/C20H16ClN/c1-22-18-10-6-5-9-16(18)20(14-7-3-2-4-8-14)17-12-11-15(21)13-19(17)22/h2-13,15H,1H3. The summed E-state index contributed by atoms with van der Waals surface area (Å²) in [5.74, 6) is 0. The fourth-order valence-corrected chi connectivity index (χ4v) is 3.43. The van der Waals surface area contributed by atoms with E-state index in [0.717, 1.165) is 0 Å². The molecule has 0 saturated carbocycles. The smallest absolute Gasteiger partial charge is 0.0723 e. The first-order valence-electron chi connectivity index (χ1n) is 7.43. The summed E-state index contributed by atoms with van der Waals surface area (Å²) in [7, 11) is 2.11. The minimum Gasteiger partial charge on any atom is -0.344 e. The summed E-state index contributed by atoms with van der Waals surface area (Å²) in [6, 6.07) is 19.1. The van der Waals surface area contributed by atoms with E-state index in [0.29, 0.717) is 0 Å². The van der Waals surface area contributed by atoms with Crippen LogP contribution in [0.3, 0.4) is 0 Å². The van der Waals surface area contributed by atoms with Crippen LogP contribution in [-0.4, -0.2) is 12.4 Å². The summed E-state index contributed by atoms with van der Waals surface area (Å²) in [6.07, 6.45) is 6.32. The second kappa shape index (κ2) is 5.19. The molecular weight excluding hydrogens is 290 g/mol. The average Bonchev–Trinajstić information content (AvgIpc) is 2.57. The number of allylic oxidation sites excluding steroid dienone is 3. The number of hydrogen-bond acceptors (Lipinski definition) is 1. The van der Waals surface area contributed by atoms with Gasteiger partial charge in [-0.1, -0.05) is 60.7 Å². The van der Waals surface area contributed by atoms with E-state index in [9.17, 15) is 0 Å².